The average molecular weight is 307 g/mol. The van der Waals surface area contributed by atoms with Crippen molar-refractivity contribution < 1.29 is 9.72 Å². The van der Waals surface area contributed by atoms with Crippen LogP contribution in [0.3, 0.4) is 0 Å². The number of carbonyl (C=O) groups excluding carboxylic acids is 1. The summed E-state index contributed by atoms with van der Waals surface area (Å²) in [5, 5.41) is 14.3. The minimum absolute atomic E-state index is 0.116. The van der Waals surface area contributed by atoms with Crippen LogP contribution in [0.15, 0.2) is 6.20 Å². The Morgan fingerprint density at radius 1 is 1.45 bits per heavy atom. The highest BCUT2D eigenvalue weighted by molar-refractivity contribution is 5.76. The van der Waals surface area contributed by atoms with Crippen molar-refractivity contribution in [2.45, 2.75) is 51.2 Å². The highest BCUT2D eigenvalue weighted by Gasteiger charge is 2.31. The molecule has 3 rings (SSSR count). The van der Waals surface area contributed by atoms with Crippen molar-refractivity contribution in [1.29, 1.82) is 0 Å². The summed E-state index contributed by atoms with van der Waals surface area (Å²) in [5.74, 6) is 0.516. The van der Waals surface area contributed by atoms with Crippen molar-refractivity contribution in [2.75, 3.05) is 13.1 Å². The van der Waals surface area contributed by atoms with Gasteiger partial charge in [-0.05, 0) is 29.2 Å². The molecule has 2 aliphatic heterocycles. The van der Waals surface area contributed by atoms with Gasteiger partial charge in [-0.25, -0.2) is 0 Å². The molecule has 8 nitrogen and oxygen atoms in total. The monoisotopic (exact) mass is 307 g/mol. The standard InChI is InChI=1S/C14H21N5O3/c1-10-15-13(19(21)22)9-17(10)7-5-14(20)18-6-4-11-2-3-12(8-18)16-11/h9,11-12,16H,2-8H2,1H3. The van der Waals surface area contributed by atoms with Gasteiger partial charge in [0.05, 0.1) is 0 Å². The van der Waals surface area contributed by atoms with Gasteiger partial charge in [0, 0.05) is 45.1 Å². The molecule has 2 saturated heterocycles. The molecule has 1 aromatic heterocycles. The molecule has 0 aliphatic carbocycles. The van der Waals surface area contributed by atoms with Crippen LogP contribution in [0.4, 0.5) is 5.82 Å². The van der Waals surface area contributed by atoms with E-state index < -0.39 is 4.92 Å². The summed E-state index contributed by atoms with van der Waals surface area (Å²) in [4.78, 5) is 28.4. The molecule has 8 heteroatoms. The molecule has 2 aliphatic rings. The number of aryl methyl sites for hydroxylation is 2. The van der Waals surface area contributed by atoms with Crippen LogP contribution in [-0.2, 0) is 11.3 Å². The molecule has 22 heavy (non-hydrogen) atoms. The number of fused-ring (bicyclic) bond motifs is 2. The number of hydrogen-bond donors (Lipinski definition) is 1. The Morgan fingerprint density at radius 3 is 2.95 bits per heavy atom. The average Bonchev–Trinajstić information content (AvgIpc) is 2.99. The third kappa shape index (κ3) is 3.11. The van der Waals surface area contributed by atoms with Gasteiger partial charge >= 0.3 is 5.82 Å². The van der Waals surface area contributed by atoms with Crippen LogP contribution in [0.25, 0.3) is 0 Å². The van der Waals surface area contributed by atoms with Crippen LogP contribution >= 0.6 is 0 Å². The normalized spacial score (nSPS) is 24.3. The first kappa shape index (κ1) is 15.0. The summed E-state index contributed by atoms with van der Waals surface area (Å²) < 4.78 is 1.68. The fourth-order valence-electron chi connectivity index (χ4n) is 3.35. The lowest BCUT2D eigenvalue weighted by Crippen LogP contribution is -2.39. The second kappa shape index (κ2) is 6.04. The Balaban J connectivity index is 1.57. The second-order valence-corrected chi connectivity index (χ2v) is 6.11. The highest BCUT2D eigenvalue weighted by atomic mass is 16.6. The van der Waals surface area contributed by atoms with Crippen LogP contribution in [-0.4, -0.2) is 50.5 Å². The molecule has 1 aromatic rings. The number of nitrogens with one attached hydrogen (secondary N) is 1. The van der Waals surface area contributed by atoms with Gasteiger partial charge in [-0.3, -0.25) is 4.79 Å². The summed E-state index contributed by atoms with van der Waals surface area (Å²) in [5.41, 5.74) is 0. The van der Waals surface area contributed by atoms with E-state index in [1.54, 1.807) is 11.5 Å². The first-order chi connectivity index (χ1) is 10.5. The quantitative estimate of drug-likeness (QED) is 0.657. The number of likely N-dealkylation sites (tertiary alicyclic amines) is 1. The zero-order chi connectivity index (χ0) is 15.7. The molecular formula is C14H21N5O3. The van der Waals surface area contributed by atoms with Gasteiger partial charge in [0.2, 0.25) is 11.7 Å². The van der Waals surface area contributed by atoms with Gasteiger partial charge in [-0.2, -0.15) is 0 Å². The van der Waals surface area contributed by atoms with Crippen molar-refractivity contribution in [3.05, 3.63) is 22.1 Å². The van der Waals surface area contributed by atoms with Crippen molar-refractivity contribution >= 4 is 11.7 Å². The van der Waals surface area contributed by atoms with Gasteiger partial charge in [-0.15, -0.1) is 0 Å². The Kier molecular flexibility index (Phi) is 4.10. The summed E-state index contributed by atoms with van der Waals surface area (Å²) in [6.07, 6.45) is 5.12. The number of nitrogens with zero attached hydrogens (tertiary/aromatic N) is 4. The van der Waals surface area contributed by atoms with E-state index >= 15 is 0 Å². The molecule has 2 atom stereocenters. The maximum absolute atomic E-state index is 12.4. The van der Waals surface area contributed by atoms with E-state index in [2.05, 4.69) is 10.3 Å². The fraction of sp³-hybridized carbons (Fsp3) is 0.714. The molecule has 2 bridgehead atoms. The molecule has 1 N–H and O–H groups in total. The number of imidazole rings is 1. The maximum atomic E-state index is 12.4. The van der Waals surface area contributed by atoms with E-state index in [4.69, 9.17) is 0 Å². The molecule has 0 aromatic carbocycles. The summed E-state index contributed by atoms with van der Waals surface area (Å²) in [7, 11) is 0. The zero-order valence-electron chi connectivity index (χ0n) is 12.7. The predicted molar refractivity (Wildman–Crippen MR) is 79.4 cm³/mol. The molecule has 1 amide bonds. The number of nitro groups is 1. The number of amides is 1. The Morgan fingerprint density at radius 2 is 2.23 bits per heavy atom. The lowest BCUT2D eigenvalue weighted by Gasteiger charge is -2.24. The Hall–Kier alpha value is -1.96. The van der Waals surface area contributed by atoms with Crippen molar-refractivity contribution in [3.63, 3.8) is 0 Å². The van der Waals surface area contributed by atoms with Gasteiger partial charge in [-0.1, -0.05) is 0 Å². The second-order valence-electron chi connectivity index (χ2n) is 6.11. The van der Waals surface area contributed by atoms with Crippen LogP contribution in [0.2, 0.25) is 0 Å². The van der Waals surface area contributed by atoms with E-state index in [0.29, 0.717) is 30.9 Å². The van der Waals surface area contributed by atoms with Gasteiger partial charge in [0.1, 0.15) is 6.20 Å². The molecular weight excluding hydrogens is 286 g/mol. The lowest BCUT2D eigenvalue weighted by atomic mass is 10.1. The van der Waals surface area contributed by atoms with E-state index in [0.717, 1.165) is 25.9 Å². The summed E-state index contributed by atoms with van der Waals surface area (Å²) in [6, 6.07) is 0.980. The van der Waals surface area contributed by atoms with Crippen molar-refractivity contribution in [1.82, 2.24) is 19.8 Å². The number of aromatic nitrogens is 2. The van der Waals surface area contributed by atoms with Crippen LogP contribution < -0.4 is 5.32 Å². The summed E-state index contributed by atoms with van der Waals surface area (Å²) >= 11 is 0. The largest absolute Gasteiger partial charge is 0.381 e. The first-order valence-electron chi connectivity index (χ1n) is 7.75. The van der Waals surface area contributed by atoms with Crippen molar-refractivity contribution in [3.8, 4) is 0 Å². The maximum Gasteiger partial charge on any atom is 0.381 e. The smallest absolute Gasteiger partial charge is 0.358 e. The zero-order valence-corrected chi connectivity index (χ0v) is 12.7. The van der Waals surface area contributed by atoms with Gasteiger partial charge in [0.25, 0.3) is 0 Å². The summed E-state index contributed by atoms with van der Waals surface area (Å²) in [6.45, 7) is 3.73. The molecule has 2 fully saturated rings. The molecule has 120 valence electrons. The van der Waals surface area contributed by atoms with E-state index in [-0.39, 0.29) is 11.7 Å². The molecule has 0 saturated carbocycles. The Bertz CT molecular complexity index is 585. The van der Waals surface area contributed by atoms with Crippen molar-refractivity contribution in [2.24, 2.45) is 0 Å². The van der Waals surface area contributed by atoms with Gasteiger partial charge in [0.15, 0.2) is 0 Å². The fourth-order valence-corrected chi connectivity index (χ4v) is 3.35. The van der Waals surface area contributed by atoms with E-state index in [9.17, 15) is 14.9 Å². The minimum atomic E-state index is -0.511. The molecule has 0 radical (unpaired) electrons. The minimum Gasteiger partial charge on any atom is -0.358 e. The van der Waals surface area contributed by atoms with Crippen LogP contribution in [0, 0.1) is 17.0 Å². The SMILES string of the molecule is Cc1nc([N+](=O)[O-])cn1CCC(=O)N1CCC2CCC(C1)N2. The molecule has 3 heterocycles. The van der Waals surface area contributed by atoms with E-state index in [1.165, 1.54) is 12.6 Å². The number of carbonyl (C=O) groups is 1. The Labute approximate surface area is 128 Å². The van der Waals surface area contributed by atoms with Crippen LogP contribution in [0.5, 0.6) is 0 Å². The van der Waals surface area contributed by atoms with Crippen LogP contribution in [0.1, 0.15) is 31.5 Å². The lowest BCUT2D eigenvalue weighted by molar-refractivity contribution is -0.389. The first-order valence-corrected chi connectivity index (χ1v) is 7.75. The number of rotatable bonds is 4. The van der Waals surface area contributed by atoms with Gasteiger partial charge < -0.3 is 24.9 Å². The van der Waals surface area contributed by atoms with E-state index in [1.807, 2.05) is 4.90 Å². The predicted octanol–water partition coefficient (Wildman–Crippen LogP) is 0.843. The molecule has 2 unspecified atom stereocenters. The third-order valence-electron chi connectivity index (χ3n) is 4.59. The highest BCUT2D eigenvalue weighted by Crippen LogP contribution is 2.21. The molecule has 0 spiro atoms. The topological polar surface area (TPSA) is 93.3 Å². The number of hydrogen-bond acceptors (Lipinski definition) is 5. The third-order valence-corrected chi connectivity index (χ3v) is 4.59.